The van der Waals surface area contributed by atoms with Gasteiger partial charge in [-0.2, -0.15) is 4.31 Å². The molecule has 0 spiro atoms. The summed E-state index contributed by atoms with van der Waals surface area (Å²) in [7, 11) is -3.73. The Balaban J connectivity index is 2.38. The van der Waals surface area contributed by atoms with Gasteiger partial charge in [-0.05, 0) is 24.6 Å². The van der Waals surface area contributed by atoms with Gasteiger partial charge in [-0.3, -0.25) is 9.59 Å². The van der Waals surface area contributed by atoms with E-state index in [4.69, 9.17) is 5.73 Å². The van der Waals surface area contributed by atoms with Crippen LogP contribution in [0.4, 0.5) is 4.39 Å². The van der Waals surface area contributed by atoms with Gasteiger partial charge in [-0.25, -0.2) is 12.8 Å². The Labute approximate surface area is 145 Å². The van der Waals surface area contributed by atoms with Crippen molar-refractivity contribution in [2.45, 2.75) is 12.6 Å². The van der Waals surface area contributed by atoms with Crippen molar-refractivity contribution in [2.75, 3.05) is 32.4 Å². The number of carbonyl (C=O) groups is 2. The van der Waals surface area contributed by atoms with Gasteiger partial charge in [0.05, 0.1) is 6.26 Å². The minimum Gasteiger partial charge on any atom is -0.352 e. The van der Waals surface area contributed by atoms with Crippen LogP contribution in [0.1, 0.15) is 16.8 Å². The molecule has 1 fully saturated rings. The van der Waals surface area contributed by atoms with Gasteiger partial charge in [0.25, 0.3) is 11.8 Å². The lowest BCUT2D eigenvalue weighted by Gasteiger charge is -2.41. The van der Waals surface area contributed by atoms with E-state index in [1.807, 2.05) is 0 Å². The molecular weight excluding hydrogens is 351 g/mol. The number of nitrogens with one attached hydrogen (secondary N) is 1. The Morgan fingerprint density at radius 2 is 2.08 bits per heavy atom. The predicted molar refractivity (Wildman–Crippen MR) is 89.5 cm³/mol. The first-order valence-electron chi connectivity index (χ1n) is 7.77. The van der Waals surface area contributed by atoms with E-state index in [0.717, 1.165) is 21.5 Å². The van der Waals surface area contributed by atoms with E-state index in [9.17, 15) is 22.4 Å². The van der Waals surface area contributed by atoms with Crippen molar-refractivity contribution in [3.8, 4) is 0 Å². The number of nitrogens with two attached hydrogens (primary N) is 1. The van der Waals surface area contributed by atoms with Crippen LogP contribution in [-0.4, -0.2) is 68.0 Å². The lowest BCUT2D eigenvalue weighted by Crippen LogP contribution is -2.63. The molecule has 1 aromatic carbocycles. The first-order valence-corrected chi connectivity index (χ1v) is 9.61. The molecule has 2 rings (SSSR count). The van der Waals surface area contributed by atoms with Gasteiger partial charge in [0.2, 0.25) is 10.0 Å². The molecule has 1 aliphatic heterocycles. The highest BCUT2D eigenvalue weighted by atomic mass is 32.2. The van der Waals surface area contributed by atoms with Crippen LogP contribution in [0.2, 0.25) is 0 Å². The van der Waals surface area contributed by atoms with E-state index in [1.165, 1.54) is 18.2 Å². The van der Waals surface area contributed by atoms with Gasteiger partial charge in [0, 0.05) is 31.7 Å². The zero-order valence-corrected chi connectivity index (χ0v) is 14.6. The first kappa shape index (κ1) is 19.3. The number of rotatable bonds is 5. The molecule has 8 nitrogen and oxygen atoms in total. The van der Waals surface area contributed by atoms with Crippen LogP contribution in [-0.2, 0) is 14.8 Å². The molecule has 1 aromatic rings. The monoisotopic (exact) mass is 372 g/mol. The number of halogens is 1. The Bertz CT molecular complexity index is 756. The molecule has 138 valence electrons. The lowest BCUT2D eigenvalue weighted by atomic mass is 10.1. The average molecular weight is 372 g/mol. The Morgan fingerprint density at radius 3 is 2.68 bits per heavy atom. The molecular formula is C15H21FN4O4S. The maximum atomic E-state index is 13.4. The van der Waals surface area contributed by atoms with Crippen LogP contribution in [0.3, 0.4) is 0 Å². The predicted octanol–water partition coefficient (Wildman–Crippen LogP) is -0.666. The molecule has 0 saturated carbocycles. The van der Waals surface area contributed by atoms with Crippen molar-refractivity contribution < 1.29 is 22.4 Å². The minimum atomic E-state index is -3.73. The lowest BCUT2D eigenvalue weighted by molar-refractivity contribution is -0.130. The fourth-order valence-electron chi connectivity index (χ4n) is 2.70. The molecule has 1 saturated heterocycles. The largest absolute Gasteiger partial charge is 0.352 e. The fourth-order valence-corrected chi connectivity index (χ4v) is 3.74. The van der Waals surface area contributed by atoms with Gasteiger partial charge in [-0.15, -0.1) is 0 Å². The highest BCUT2D eigenvalue weighted by Crippen LogP contribution is 2.21. The summed E-state index contributed by atoms with van der Waals surface area (Å²) in [4.78, 5) is 26.4. The summed E-state index contributed by atoms with van der Waals surface area (Å²) in [6, 6.07) is 5.04. The standard InChI is InChI=1S/C15H21FN4O4S/c1-25(23,24)20-9-3-8-19(14(20)13(21)18-7-6-17)15(22)11-4-2-5-12(16)10-11/h2,4-5,10,14H,3,6-9,17H2,1H3,(H,18,21). The summed E-state index contributed by atoms with van der Waals surface area (Å²) in [6.45, 7) is 0.624. The van der Waals surface area contributed by atoms with Gasteiger partial charge in [0.1, 0.15) is 5.82 Å². The van der Waals surface area contributed by atoms with Gasteiger partial charge in [-0.1, -0.05) is 6.07 Å². The van der Waals surface area contributed by atoms with E-state index in [-0.39, 0.29) is 31.7 Å². The molecule has 0 aliphatic carbocycles. The quantitative estimate of drug-likeness (QED) is 0.712. The van der Waals surface area contributed by atoms with Crippen LogP contribution in [0.25, 0.3) is 0 Å². The van der Waals surface area contributed by atoms with Gasteiger partial charge < -0.3 is 16.0 Å². The molecule has 0 bridgehead atoms. The maximum absolute atomic E-state index is 13.4. The fraction of sp³-hybridized carbons (Fsp3) is 0.467. The molecule has 1 unspecified atom stereocenters. The van der Waals surface area contributed by atoms with Crippen molar-refractivity contribution in [3.63, 3.8) is 0 Å². The van der Waals surface area contributed by atoms with Gasteiger partial charge >= 0.3 is 0 Å². The molecule has 0 radical (unpaired) electrons. The third-order valence-electron chi connectivity index (χ3n) is 3.78. The number of sulfonamides is 1. The van der Waals surface area contributed by atoms with Crippen molar-refractivity contribution in [1.82, 2.24) is 14.5 Å². The maximum Gasteiger partial charge on any atom is 0.259 e. The summed E-state index contributed by atoms with van der Waals surface area (Å²) in [6.07, 6.45) is 0.0207. The number of benzene rings is 1. The van der Waals surface area contributed by atoms with Gasteiger partial charge in [0.15, 0.2) is 6.17 Å². The molecule has 1 atom stereocenters. The number of amides is 2. The van der Waals surface area contributed by atoms with E-state index in [2.05, 4.69) is 5.32 Å². The topological polar surface area (TPSA) is 113 Å². The molecule has 1 heterocycles. The molecule has 25 heavy (non-hydrogen) atoms. The van der Waals surface area contributed by atoms with Crippen molar-refractivity contribution in [1.29, 1.82) is 0 Å². The highest BCUT2D eigenvalue weighted by molar-refractivity contribution is 7.88. The summed E-state index contributed by atoms with van der Waals surface area (Å²) in [5.41, 5.74) is 5.41. The van der Waals surface area contributed by atoms with E-state index >= 15 is 0 Å². The second-order valence-electron chi connectivity index (χ2n) is 5.69. The molecule has 0 aromatic heterocycles. The van der Waals surface area contributed by atoms with E-state index in [0.29, 0.717) is 6.42 Å². The summed E-state index contributed by atoms with van der Waals surface area (Å²) < 4.78 is 38.5. The van der Waals surface area contributed by atoms with Crippen LogP contribution >= 0.6 is 0 Å². The summed E-state index contributed by atoms with van der Waals surface area (Å²) in [5, 5.41) is 2.51. The smallest absolute Gasteiger partial charge is 0.259 e. The van der Waals surface area contributed by atoms with Crippen LogP contribution in [0.5, 0.6) is 0 Å². The Hall–Kier alpha value is -2.04. The average Bonchev–Trinajstić information content (AvgIpc) is 2.57. The summed E-state index contributed by atoms with van der Waals surface area (Å²) >= 11 is 0. The SMILES string of the molecule is CS(=O)(=O)N1CCCN(C(=O)c2cccc(F)c2)C1C(=O)NCCN. The molecule has 3 N–H and O–H groups in total. The summed E-state index contributed by atoms with van der Waals surface area (Å²) in [5.74, 6) is -1.84. The van der Waals surface area contributed by atoms with Crippen molar-refractivity contribution in [3.05, 3.63) is 35.6 Å². The molecule has 10 heteroatoms. The van der Waals surface area contributed by atoms with Crippen molar-refractivity contribution >= 4 is 21.8 Å². The normalized spacial score (nSPS) is 18.8. The van der Waals surface area contributed by atoms with Crippen LogP contribution in [0, 0.1) is 5.82 Å². The highest BCUT2D eigenvalue weighted by Gasteiger charge is 2.42. The van der Waals surface area contributed by atoms with E-state index < -0.39 is 33.8 Å². The Kier molecular flexibility index (Phi) is 6.09. The minimum absolute atomic E-state index is 0.0481. The zero-order valence-electron chi connectivity index (χ0n) is 13.8. The number of nitrogens with zero attached hydrogens (tertiary/aromatic N) is 2. The van der Waals surface area contributed by atoms with Crippen molar-refractivity contribution in [2.24, 2.45) is 5.73 Å². The van der Waals surface area contributed by atoms with E-state index in [1.54, 1.807) is 0 Å². The second kappa shape index (κ2) is 7.89. The first-order chi connectivity index (χ1) is 11.8. The number of carbonyl (C=O) groups excluding carboxylic acids is 2. The van der Waals surface area contributed by atoms with Crippen LogP contribution < -0.4 is 11.1 Å². The number of hydrogen-bond acceptors (Lipinski definition) is 5. The third-order valence-corrected chi connectivity index (χ3v) is 5.02. The van der Waals surface area contributed by atoms with Crippen LogP contribution in [0.15, 0.2) is 24.3 Å². The molecule has 1 aliphatic rings. The second-order valence-corrected chi connectivity index (χ2v) is 7.62. The third kappa shape index (κ3) is 4.53. The Morgan fingerprint density at radius 1 is 1.36 bits per heavy atom. The molecule has 2 amide bonds. The number of hydrogen-bond donors (Lipinski definition) is 2. The zero-order chi connectivity index (χ0) is 18.6.